The number of benzene rings is 1. The largest absolute Gasteiger partial charge is 0.347 e. The molecule has 0 aliphatic rings. The standard InChI is InChI=1S/C15H16N2O/c1-11-5-3-7-13(9-11)10-16-15(18)14-8-4-6-12(2)17-14/h3-9H,10H2,1-2H3,(H,16,18). The zero-order valence-electron chi connectivity index (χ0n) is 10.6. The van der Waals surface area contributed by atoms with Gasteiger partial charge in [-0.15, -0.1) is 0 Å². The first kappa shape index (κ1) is 12.3. The minimum Gasteiger partial charge on any atom is -0.347 e. The smallest absolute Gasteiger partial charge is 0.270 e. The fourth-order valence-corrected chi connectivity index (χ4v) is 1.76. The summed E-state index contributed by atoms with van der Waals surface area (Å²) in [5.41, 5.74) is 3.59. The lowest BCUT2D eigenvalue weighted by atomic mass is 10.1. The Morgan fingerprint density at radius 1 is 1.17 bits per heavy atom. The van der Waals surface area contributed by atoms with Crippen LogP contribution in [0.2, 0.25) is 0 Å². The van der Waals surface area contributed by atoms with Crippen molar-refractivity contribution in [3.63, 3.8) is 0 Å². The molecule has 2 aromatic rings. The number of amides is 1. The Kier molecular flexibility index (Phi) is 3.72. The third-order valence-electron chi connectivity index (χ3n) is 2.66. The van der Waals surface area contributed by atoms with E-state index in [2.05, 4.69) is 16.4 Å². The van der Waals surface area contributed by atoms with Crippen molar-refractivity contribution in [1.29, 1.82) is 0 Å². The molecule has 1 aromatic heterocycles. The third-order valence-corrected chi connectivity index (χ3v) is 2.66. The lowest BCUT2D eigenvalue weighted by molar-refractivity contribution is 0.0945. The molecule has 0 saturated carbocycles. The SMILES string of the molecule is Cc1cccc(CNC(=O)c2cccc(C)n2)c1. The molecule has 18 heavy (non-hydrogen) atoms. The van der Waals surface area contributed by atoms with E-state index in [1.54, 1.807) is 6.07 Å². The highest BCUT2D eigenvalue weighted by atomic mass is 16.1. The van der Waals surface area contributed by atoms with Crippen molar-refractivity contribution >= 4 is 5.91 Å². The average molecular weight is 240 g/mol. The van der Waals surface area contributed by atoms with Gasteiger partial charge in [0.15, 0.2) is 0 Å². The van der Waals surface area contributed by atoms with E-state index in [9.17, 15) is 4.79 Å². The second-order valence-electron chi connectivity index (χ2n) is 4.34. The number of hydrogen-bond donors (Lipinski definition) is 1. The highest BCUT2D eigenvalue weighted by Crippen LogP contribution is 2.04. The van der Waals surface area contributed by atoms with Gasteiger partial charge in [-0.2, -0.15) is 0 Å². The van der Waals surface area contributed by atoms with Crippen molar-refractivity contribution in [3.05, 3.63) is 65.0 Å². The zero-order chi connectivity index (χ0) is 13.0. The number of aromatic nitrogens is 1. The molecular formula is C15H16N2O. The van der Waals surface area contributed by atoms with Gasteiger partial charge in [0.2, 0.25) is 0 Å². The van der Waals surface area contributed by atoms with Crippen LogP contribution in [0.3, 0.4) is 0 Å². The number of rotatable bonds is 3. The molecule has 0 spiro atoms. The Balaban J connectivity index is 2.00. The van der Waals surface area contributed by atoms with Gasteiger partial charge in [-0.25, -0.2) is 4.98 Å². The number of nitrogens with one attached hydrogen (secondary N) is 1. The van der Waals surface area contributed by atoms with Crippen LogP contribution in [-0.4, -0.2) is 10.9 Å². The average Bonchev–Trinajstić information content (AvgIpc) is 2.36. The van der Waals surface area contributed by atoms with Crippen LogP contribution in [0.15, 0.2) is 42.5 Å². The number of carbonyl (C=O) groups excluding carboxylic acids is 1. The van der Waals surface area contributed by atoms with E-state index >= 15 is 0 Å². The Morgan fingerprint density at radius 3 is 2.67 bits per heavy atom. The highest BCUT2D eigenvalue weighted by Gasteiger charge is 2.06. The molecule has 0 unspecified atom stereocenters. The number of carbonyl (C=O) groups is 1. The Labute approximate surface area is 107 Å². The summed E-state index contributed by atoms with van der Waals surface area (Å²) in [6.45, 7) is 4.43. The van der Waals surface area contributed by atoms with Gasteiger partial charge in [0.1, 0.15) is 5.69 Å². The predicted octanol–water partition coefficient (Wildman–Crippen LogP) is 2.63. The van der Waals surface area contributed by atoms with Crippen molar-refractivity contribution in [1.82, 2.24) is 10.3 Å². The van der Waals surface area contributed by atoms with E-state index in [1.165, 1.54) is 5.56 Å². The third kappa shape index (κ3) is 3.17. The van der Waals surface area contributed by atoms with Crippen LogP contribution in [0.5, 0.6) is 0 Å². The van der Waals surface area contributed by atoms with Crippen LogP contribution in [0.4, 0.5) is 0 Å². The van der Waals surface area contributed by atoms with Crippen molar-refractivity contribution in [3.8, 4) is 0 Å². The molecule has 1 aromatic carbocycles. The number of hydrogen-bond acceptors (Lipinski definition) is 2. The first-order valence-corrected chi connectivity index (χ1v) is 5.92. The lowest BCUT2D eigenvalue weighted by Gasteiger charge is -2.06. The maximum Gasteiger partial charge on any atom is 0.270 e. The van der Waals surface area contributed by atoms with Crippen molar-refractivity contribution in [2.24, 2.45) is 0 Å². The highest BCUT2D eigenvalue weighted by molar-refractivity contribution is 5.92. The van der Waals surface area contributed by atoms with E-state index in [0.29, 0.717) is 12.2 Å². The van der Waals surface area contributed by atoms with Gasteiger partial charge in [-0.1, -0.05) is 35.9 Å². The zero-order valence-corrected chi connectivity index (χ0v) is 10.6. The van der Waals surface area contributed by atoms with Crippen LogP contribution < -0.4 is 5.32 Å². The molecule has 3 nitrogen and oxygen atoms in total. The molecule has 0 aliphatic heterocycles. The molecule has 0 fully saturated rings. The maximum absolute atomic E-state index is 11.9. The van der Waals surface area contributed by atoms with E-state index in [1.807, 2.05) is 44.2 Å². The fraction of sp³-hybridized carbons (Fsp3) is 0.200. The molecule has 0 aliphatic carbocycles. The van der Waals surface area contributed by atoms with Gasteiger partial charge in [-0.05, 0) is 31.5 Å². The normalized spacial score (nSPS) is 10.1. The van der Waals surface area contributed by atoms with E-state index in [0.717, 1.165) is 11.3 Å². The molecule has 0 radical (unpaired) electrons. The summed E-state index contributed by atoms with van der Waals surface area (Å²) in [6.07, 6.45) is 0. The van der Waals surface area contributed by atoms with Gasteiger partial charge in [0, 0.05) is 12.2 Å². The van der Waals surface area contributed by atoms with Crippen molar-refractivity contribution in [2.75, 3.05) is 0 Å². The minimum atomic E-state index is -0.139. The Hall–Kier alpha value is -2.16. The lowest BCUT2D eigenvalue weighted by Crippen LogP contribution is -2.23. The monoisotopic (exact) mass is 240 g/mol. The molecule has 0 atom stereocenters. The second-order valence-corrected chi connectivity index (χ2v) is 4.34. The summed E-state index contributed by atoms with van der Waals surface area (Å²) in [5.74, 6) is -0.139. The summed E-state index contributed by atoms with van der Waals surface area (Å²) in [7, 11) is 0. The van der Waals surface area contributed by atoms with Crippen LogP contribution in [0, 0.1) is 13.8 Å². The number of nitrogens with zero attached hydrogens (tertiary/aromatic N) is 1. The molecule has 1 heterocycles. The van der Waals surface area contributed by atoms with Crippen molar-refractivity contribution < 1.29 is 4.79 Å². The molecule has 2 rings (SSSR count). The summed E-state index contributed by atoms with van der Waals surface area (Å²) in [6, 6.07) is 13.5. The van der Waals surface area contributed by atoms with Crippen LogP contribution >= 0.6 is 0 Å². The molecule has 1 N–H and O–H groups in total. The van der Waals surface area contributed by atoms with Gasteiger partial charge < -0.3 is 5.32 Å². The second kappa shape index (κ2) is 5.45. The maximum atomic E-state index is 11.9. The molecule has 0 bridgehead atoms. The molecule has 92 valence electrons. The topological polar surface area (TPSA) is 42.0 Å². The van der Waals surface area contributed by atoms with Gasteiger partial charge >= 0.3 is 0 Å². The Bertz CT molecular complexity index is 564. The van der Waals surface area contributed by atoms with Gasteiger partial charge in [0.25, 0.3) is 5.91 Å². The molecule has 1 amide bonds. The van der Waals surface area contributed by atoms with Gasteiger partial charge in [0.05, 0.1) is 0 Å². The molecule has 3 heteroatoms. The summed E-state index contributed by atoms with van der Waals surface area (Å²) in [4.78, 5) is 16.1. The van der Waals surface area contributed by atoms with Crippen LogP contribution in [-0.2, 0) is 6.54 Å². The summed E-state index contributed by atoms with van der Waals surface area (Å²) >= 11 is 0. The first-order valence-electron chi connectivity index (χ1n) is 5.92. The number of aryl methyl sites for hydroxylation is 2. The summed E-state index contributed by atoms with van der Waals surface area (Å²) < 4.78 is 0. The summed E-state index contributed by atoms with van der Waals surface area (Å²) in [5, 5.41) is 2.87. The number of pyridine rings is 1. The van der Waals surface area contributed by atoms with E-state index < -0.39 is 0 Å². The quantitative estimate of drug-likeness (QED) is 0.896. The van der Waals surface area contributed by atoms with E-state index in [-0.39, 0.29) is 5.91 Å². The first-order chi connectivity index (χ1) is 8.65. The van der Waals surface area contributed by atoms with Crippen LogP contribution in [0.25, 0.3) is 0 Å². The van der Waals surface area contributed by atoms with E-state index in [4.69, 9.17) is 0 Å². The minimum absolute atomic E-state index is 0.139. The Morgan fingerprint density at radius 2 is 1.94 bits per heavy atom. The van der Waals surface area contributed by atoms with Crippen molar-refractivity contribution in [2.45, 2.75) is 20.4 Å². The fourth-order valence-electron chi connectivity index (χ4n) is 1.76. The molecular weight excluding hydrogens is 224 g/mol. The van der Waals surface area contributed by atoms with Gasteiger partial charge in [-0.3, -0.25) is 4.79 Å². The van der Waals surface area contributed by atoms with Crippen LogP contribution in [0.1, 0.15) is 27.3 Å². The molecule has 0 saturated heterocycles. The predicted molar refractivity (Wildman–Crippen MR) is 71.3 cm³/mol.